The Morgan fingerprint density at radius 1 is 1.10 bits per heavy atom. The standard InChI is InChI=1S/C25H22O4S/c1-25(2,3)17-8-6-16(7-9-17)13-22-24(27)20-11-10-18(14-21(20)29-22)28-23(26)15-19-5-4-12-30-19/h4-14H,15H2,1-3H3/b22-13-. The zero-order valence-corrected chi connectivity index (χ0v) is 17.9. The van der Waals surface area contributed by atoms with Crippen molar-refractivity contribution in [2.75, 3.05) is 0 Å². The van der Waals surface area contributed by atoms with Gasteiger partial charge >= 0.3 is 5.97 Å². The summed E-state index contributed by atoms with van der Waals surface area (Å²) in [6, 6.07) is 16.7. The molecule has 1 aliphatic heterocycles. The lowest BCUT2D eigenvalue weighted by Crippen LogP contribution is -2.10. The third-order valence-electron chi connectivity index (χ3n) is 4.85. The number of carbonyl (C=O) groups is 2. The Kier molecular flexibility index (Phi) is 5.31. The van der Waals surface area contributed by atoms with Crippen LogP contribution in [0.15, 0.2) is 65.7 Å². The number of ketones is 1. The van der Waals surface area contributed by atoms with E-state index < -0.39 is 0 Å². The number of allylic oxidation sites excluding steroid dienone is 1. The molecule has 0 unspecified atom stereocenters. The van der Waals surface area contributed by atoms with Crippen molar-refractivity contribution in [3.05, 3.63) is 87.3 Å². The van der Waals surface area contributed by atoms with E-state index in [1.54, 1.807) is 24.3 Å². The average Bonchev–Trinajstić information content (AvgIpc) is 3.30. The smallest absolute Gasteiger partial charge is 0.316 e. The first-order chi connectivity index (χ1) is 14.3. The van der Waals surface area contributed by atoms with Crippen LogP contribution in [0.5, 0.6) is 11.5 Å². The van der Waals surface area contributed by atoms with E-state index in [0.717, 1.165) is 10.4 Å². The van der Waals surface area contributed by atoms with Crippen molar-refractivity contribution < 1.29 is 19.1 Å². The number of ether oxygens (including phenoxy) is 2. The zero-order chi connectivity index (χ0) is 21.3. The highest BCUT2D eigenvalue weighted by atomic mass is 32.1. The average molecular weight is 419 g/mol. The Morgan fingerprint density at radius 2 is 1.87 bits per heavy atom. The molecule has 1 aliphatic rings. The van der Waals surface area contributed by atoms with Crippen molar-refractivity contribution in [3.63, 3.8) is 0 Å². The van der Waals surface area contributed by atoms with Crippen LogP contribution in [-0.2, 0) is 16.6 Å². The fourth-order valence-electron chi connectivity index (χ4n) is 3.18. The highest BCUT2D eigenvalue weighted by Crippen LogP contribution is 2.35. The second kappa shape index (κ2) is 7.92. The van der Waals surface area contributed by atoms with Crippen molar-refractivity contribution in [2.24, 2.45) is 0 Å². The molecule has 0 saturated heterocycles. The molecule has 30 heavy (non-hydrogen) atoms. The van der Waals surface area contributed by atoms with Crippen molar-refractivity contribution in [1.29, 1.82) is 0 Å². The molecule has 0 N–H and O–H groups in total. The third kappa shape index (κ3) is 4.36. The lowest BCUT2D eigenvalue weighted by atomic mass is 9.86. The van der Waals surface area contributed by atoms with Crippen LogP contribution in [0.4, 0.5) is 0 Å². The highest BCUT2D eigenvalue weighted by Gasteiger charge is 2.28. The Labute approximate surface area is 179 Å². The lowest BCUT2D eigenvalue weighted by Gasteiger charge is -2.18. The van der Waals surface area contributed by atoms with Gasteiger partial charge in [0.2, 0.25) is 5.78 Å². The molecule has 5 heteroatoms. The first kappa shape index (κ1) is 20.1. The van der Waals surface area contributed by atoms with Crippen molar-refractivity contribution in [3.8, 4) is 11.5 Å². The molecule has 0 spiro atoms. The normalized spacial score (nSPS) is 14.5. The number of hydrogen-bond donors (Lipinski definition) is 0. The number of hydrogen-bond acceptors (Lipinski definition) is 5. The van der Waals surface area contributed by atoms with Gasteiger partial charge in [0.25, 0.3) is 0 Å². The molecule has 0 saturated carbocycles. The Bertz CT molecular complexity index is 1120. The molecular weight excluding hydrogens is 396 g/mol. The second-order valence-corrected chi connectivity index (χ2v) is 9.23. The Morgan fingerprint density at radius 3 is 2.53 bits per heavy atom. The van der Waals surface area contributed by atoms with E-state index in [-0.39, 0.29) is 29.3 Å². The second-order valence-electron chi connectivity index (χ2n) is 8.20. The van der Waals surface area contributed by atoms with E-state index >= 15 is 0 Å². The fraction of sp³-hybridized carbons (Fsp3) is 0.200. The summed E-state index contributed by atoms with van der Waals surface area (Å²) in [6.45, 7) is 6.47. The van der Waals surface area contributed by atoms with Gasteiger partial charge in [0.15, 0.2) is 5.76 Å². The molecule has 0 aliphatic carbocycles. The van der Waals surface area contributed by atoms with Crippen LogP contribution in [-0.4, -0.2) is 11.8 Å². The fourth-order valence-corrected chi connectivity index (χ4v) is 3.87. The molecule has 2 aromatic carbocycles. The third-order valence-corrected chi connectivity index (χ3v) is 5.72. The summed E-state index contributed by atoms with van der Waals surface area (Å²) in [5, 5.41) is 1.92. The molecule has 0 radical (unpaired) electrons. The number of fused-ring (bicyclic) bond motifs is 1. The van der Waals surface area contributed by atoms with Gasteiger partial charge < -0.3 is 9.47 Å². The SMILES string of the molecule is CC(C)(C)c1ccc(/C=C2\Oc3cc(OC(=O)Cc4cccs4)ccc3C2=O)cc1. The van der Waals surface area contributed by atoms with Gasteiger partial charge in [-0.15, -0.1) is 11.3 Å². The van der Waals surface area contributed by atoms with E-state index in [2.05, 4.69) is 32.9 Å². The predicted octanol–water partition coefficient (Wildman–Crippen LogP) is 5.81. The summed E-state index contributed by atoms with van der Waals surface area (Å²) >= 11 is 1.51. The molecular formula is C25H22O4S. The molecule has 4 nitrogen and oxygen atoms in total. The summed E-state index contributed by atoms with van der Waals surface area (Å²) in [6.07, 6.45) is 1.95. The van der Waals surface area contributed by atoms with Gasteiger partial charge in [0, 0.05) is 10.9 Å². The Hall–Kier alpha value is -3.18. The van der Waals surface area contributed by atoms with Gasteiger partial charge in [-0.05, 0) is 46.2 Å². The summed E-state index contributed by atoms with van der Waals surface area (Å²) in [4.78, 5) is 25.7. The maximum absolute atomic E-state index is 12.7. The van der Waals surface area contributed by atoms with Crippen LogP contribution in [0.1, 0.15) is 47.1 Å². The monoisotopic (exact) mass is 418 g/mol. The van der Waals surface area contributed by atoms with Crippen molar-refractivity contribution in [2.45, 2.75) is 32.6 Å². The van der Waals surface area contributed by atoms with Crippen LogP contribution >= 0.6 is 11.3 Å². The van der Waals surface area contributed by atoms with Crippen molar-refractivity contribution in [1.82, 2.24) is 0 Å². The molecule has 1 aromatic heterocycles. The maximum Gasteiger partial charge on any atom is 0.316 e. The molecule has 2 heterocycles. The number of rotatable bonds is 4. The first-order valence-electron chi connectivity index (χ1n) is 9.71. The first-order valence-corrected chi connectivity index (χ1v) is 10.6. The van der Waals surface area contributed by atoms with Gasteiger partial charge in [0.05, 0.1) is 12.0 Å². The van der Waals surface area contributed by atoms with E-state index in [4.69, 9.17) is 9.47 Å². The van der Waals surface area contributed by atoms with Crippen LogP contribution in [0.25, 0.3) is 6.08 Å². The largest absolute Gasteiger partial charge is 0.452 e. The van der Waals surface area contributed by atoms with Crippen LogP contribution in [0, 0.1) is 0 Å². The molecule has 4 rings (SSSR count). The summed E-state index contributed by atoms with van der Waals surface area (Å²) in [5.41, 5.74) is 2.65. The minimum atomic E-state index is -0.351. The summed E-state index contributed by atoms with van der Waals surface area (Å²) < 4.78 is 11.2. The Balaban J connectivity index is 1.48. The number of carbonyl (C=O) groups excluding carboxylic acids is 2. The molecule has 152 valence electrons. The minimum absolute atomic E-state index is 0.0684. The van der Waals surface area contributed by atoms with Gasteiger partial charge in [-0.3, -0.25) is 9.59 Å². The molecule has 0 bridgehead atoms. The van der Waals surface area contributed by atoms with Crippen LogP contribution < -0.4 is 9.47 Å². The van der Waals surface area contributed by atoms with E-state index in [9.17, 15) is 9.59 Å². The van der Waals surface area contributed by atoms with Gasteiger partial charge in [-0.25, -0.2) is 0 Å². The predicted molar refractivity (Wildman–Crippen MR) is 118 cm³/mol. The minimum Gasteiger partial charge on any atom is -0.452 e. The van der Waals surface area contributed by atoms with E-state index in [0.29, 0.717) is 17.1 Å². The molecule has 3 aromatic rings. The van der Waals surface area contributed by atoms with E-state index in [1.807, 2.05) is 29.6 Å². The van der Waals surface area contributed by atoms with Crippen LogP contribution in [0.3, 0.4) is 0 Å². The van der Waals surface area contributed by atoms with E-state index in [1.165, 1.54) is 16.9 Å². The number of Topliss-reactive ketones (excluding diaryl/α,β-unsaturated/α-hetero) is 1. The number of benzene rings is 2. The summed E-state index contributed by atoms with van der Waals surface area (Å²) in [5.74, 6) is 0.492. The van der Waals surface area contributed by atoms with Gasteiger partial charge in [-0.1, -0.05) is 51.1 Å². The molecule has 0 atom stereocenters. The van der Waals surface area contributed by atoms with Gasteiger partial charge in [0.1, 0.15) is 11.5 Å². The van der Waals surface area contributed by atoms with Crippen molar-refractivity contribution >= 4 is 29.2 Å². The van der Waals surface area contributed by atoms with Gasteiger partial charge in [-0.2, -0.15) is 0 Å². The maximum atomic E-state index is 12.7. The molecule has 0 amide bonds. The lowest BCUT2D eigenvalue weighted by molar-refractivity contribution is -0.133. The number of esters is 1. The number of thiophene rings is 1. The molecule has 0 fully saturated rings. The highest BCUT2D eigenvalue weighted by molar-refractivity contribution is 7.10. The topological polar surface area (TPSA) is 52.6 Å². The zero-order valence-electron chi connectivity index (χ0n) is 17.1. The summed E-state index contributed by atoms with van der Waals surface area (Å²) in [7, 11) is 0. The van der Waals surface area contributed by atoms with Crippen LogP contribution in [0.2, 0.25) is 0 Å². The quantitative estimate of drug-likeness (QED) is 0.305.